The summed E-state index contributed by atoms with van der Waals surface area (Å²) >= 11 is 3.41. The Bertz CT molecular complexity index is 222. The molecule has 0 aromatic carbocycles. The van der Waals surface area contributed by atoms with E-state index in [2.05, 4.69) is 21.2 Å². The largest absolute Gasteiger partial charge is 0.356 e. The zero-order valence-electron chi connectivity index (χ0n) is 9.18. The summed E-state index contributed by atoms with van der Waals surface area (Å²) in [5.74, 6) is 2.49. The zero-order valence-corrected chi connectivity index (χ0v) is 10.8. The molecule has 2 unspecified atom stereocenters. The van der Waals surface area contributed by atoms with Gasteiger partial charge in [-0.25, -0.2) is 0 Å². The van der Waals surface area contributed by atoms with Crippen molar-refractivity contribution in [1.82, 2.24) is 5.32 Å². The molecule has 2 nitrogen and oxygen atoms in total. The van der Waals surface area contributed by atoms with Crippen molar-refractivity contribution in [3.63, 3.8) is 0 Å². The summed E-state index contributed by atoms with van der Waals surface area (Å²) in [5, 5.41) is 4.15. The molecule has 2 aliphatic carbocycles. The molecule has 0 bridgehead atoms. The van der Waals surface area contributed by atoms with E-state index in [0.717, 1.165) is 43.0 Å². The fourth-order valence-electron chi connectivity index (χ4n) is 2.68. The maximum atomic E-state index is 11.7. The second kappa shape index (κ2) is 5.33. The number of amides is 1. The minimum Gasteiger partial charge on any atom is -0.356 e. The Morgan fingerprint density at radius 2 is 1.87 bits per heavy atom. The van der Waals surface area contributed by atoms with Crippen LogP contribution in [0.2, 0.25) is 0 Å². The van der Waals surface area contributed by atoms with E-state index in [0.29, 0.717) is 11.8 Å². The van der Waals surface area contributed by atoms with E-state index in [1.165, 1.54) is 19.3 Å². The number of carbonyl (C=O) groups excluding carboxylic acids is 1. The Kier molecular flexibility index (Phi) is 4.06. The zero-order chi connectivity index (χ0) is 10.7. The highest BCUT2D eigenvalue weighted by molar-refractivity contribution is 9.09. The van der Waals surface area contributed by atoms with E-state index in [-0.39, 0.29) is 0 Å². The molecule has 0 heterocycles. The lowest BCUT2D eigenvalue weighted by atomic mass is 10.0. The van der Waals surface area contributed by atoms with Crippen LogP contribution < -0.4 is 5.32 Å². The van der Waals surface area contributed by atoms with Gasteiger partial charge in [0.25, 0.3) is 0 Å². The molecule has 0 aromatic heterocycles. The second-order valence-corrected chi connectivity index (χ2v) is 5.76. The number of carbonyl (C=O) groups is 1. The van der Waals surface area contributed by atoms with Crippen LogP contribution in [0.3, 0.4) is 0 Å². The molecule has 0 spiro atoms. The van der Waals surface area contributed by atoms with Gasteiger partial charge in [0.2, 0.25) is 5.91 Å². The topological polar surface area (TPSA) is 29.1 Å². The van der Waals surface area contributed by atoms with Gasteiger partial charge in [-0.15, -0.1) is 0 Å². The average molecular weight is 274 g/mol. The van der Waals surface area contributed by atoms with Crippen molar-refractivity contribution in [3.8, 4) is 0 Å². The molecule has 86 valence electrons. The molecule has 15 heavy (non-hydrogen) atoms. The van der Waals surface area contributed by atoms with Gasteiger partial charge in [-0.3, -0.25) is 4.79 Å². The summed E-state index contributed by atoms with van der Waals surface area (Å²) in [5.41, 5.74) is 0. The Morgan fingerprint density at radius 3 is 2.53 bits per heavy atom. The first-order chi connectivity index (χ1) is 7.31. The summed E-state index contributed by atoms with van der Waals surface area (Å²) in [6.45, 7) is 0.873. The van der Waals surface area contributed by atoms with Crippen molar-refractivity contribution in [3.05, 3.63) is 0 Å². The van der Waals surface area contributed by atoms with Gasteiger partial charge in [-0.2, -0.15) is 0 Å². The molecule has 2 fully saturated rings. The van der Waals surface area contributed by atoms with Crippen LogP contribution in [-0.4, -0.2) is 17.8 Å². The molecule has 2 atom stereocenters. The van der Waals surface area contributed by atoms with Crippen molar-refractivity contribution in [2.75, 3.05) is 11.9 Å². The Morgan fingerprint density at radius 1 is 1.13 bits per heavy atom. The van der Waals surface area contributed by atoms with E-state index >= 15 is 0 Å². The Balaban J connectivity index is 1.53. The van der Waals surface area contributed by atoms with Crippen LogP contribution >= 0.6 is 15.9 Å². The summed E-state index contributed by atoms with van der Waals surface area (Å²) < 4.78 is 0. The SMILES string of the molecule is O=C(NCCCCCBr)C1CC2CC2C1. The van der Waals surface area contributed by atoms with Crippen LogP contribution in [0.25, 0.3) is 0 Å². The first-order valence-electron chi connectivity index (χ1n) is 6.15. The summed E-state index contributed by atoms with van der Waals surface area (Å²) in [6, 6.07) is 0. The number of halogens is 1. The van der Waals surface area contributed by atoms with Crippen LogP contribution in [0.5, 0.6) is 0 Å². The number of alkyl halides is 1. The van der Waals surface area contributed by atoms with E-state index < -0.39 is 0 Å². The summed E-state index contributed by atoms with van der Waals surface area (Å²) in [7, 11) is 0. The number of rotatable bonds is 6. The number of unbranched alkanes of at least 4 members (excludes halogenated alkanes) is 2. The van der Waals surface area contributed by atoms with Crippen molar-refractivity contribution in [1.29, 1.82) is 0 Å². The minimum absolute atomic E-state index is 0.320. The molecular formula is C12H20BrNO. The number of nitrogens with one attached hydrogen (secondary N) is 1. The molecule has 3 heteroatoms. The minimum atomic E-state index is 0.320. The molecule has 1 N–H and O–H groups in total. The van der Waals surface area contributed by atoms with Gasteiger partial charge in [-0.05, 0) is 43.9 Å². The number of fused-ring (bicyclic) bond motifs is 1. The van der Waals surface area contributed by atoms with Crippen molar-refractivity contribution in [2.24, 2.45) is 17.8 Å². The van der Waals surface area contributed by atoms with Crippen molar-refractivity contribution < 1.29 is 4.79 Å². The molecule has 2 saturated carbocycles. The van der Waals surface area contributed by atoms with E-state index in [4.69, 9.17) is 0 Å². The molecule has 2 aliphatic rings. The Hall–Kier alpha value is -0.0500. The Labute approximate surface area is 100 Å². The highest BCUT2D eigenvalue weighted by Gasteiger charge is 2.47. The van der Waals surface area contributed by atoms with Gasteiger partial charge < -0.3 is 5.32 Å². The second-order valence-electron chi connectivity index (χ2n) is 4.96. The molecule has 0 saturated heterocycles. The lowest BCUT2D eigenvalue weighted by Gasteiger charge is -2.11. The highest BCUT2D eigenvalue weighted by atomic mass is 79.9. The first-order valence-corrected chi connectivity index (χ1v) is 7.27. The lowest BCUT2D eigenvalue weighted by molar-refractivity contribution is -0.125. The monoisotopic (exact) mass is 273 g/mol. The van der Waals surface area contributed by atoms with Crippen molar-refractivity contribution in [2.45, 2.75) is 38.5 Å². The van der Waals surface area contributed by atoms with Gasteiger partial charge in [0.05, 0.1) is 0 Å². The van der Waals surface area contributed by atoms with Gasteiger partial charge in [0, 0.05) is 17.8 Å². The quantitative estimate of drug-likeness (QED) is 0.585. The predicted molar refractivity (Wildman–Crippen MR) is 65.0 cm³/mol. The molecule has 1 amide bonds. The molecule has 0 aromatic rings. The predicted octanol–water partition coefficient (Wildman–Crippen LogP) is 2.71. The third-order valence-electron chi connectivity index (χ3n) is 3.72. The average Bonchev–Trinajstić information content (AvgIpc) is 2.85. The van der Waals surface area contributed by atoms with Crippen LogP contribution in [0, 0.1) is 17.8 Å². The maximum absolute atomic E-state index is 11.7. The molecule has 2 rings (SSSR count). The fourth-order valence-corrected chi connectivity index (χ4v) is 3.08. The van der Waals surface area contributed by atoms with Crippen LogP contribution in [-0.2, 0) is 4.79 Å². The van der Waals surface area contributed by atoms with Gasteiger partial charge in [0.1, 0.15) is 0 Å². The summed E-state index contributed by atoms with van der Waals surface area (Å²) in [6.07, 6.45) is 7.27. The first kappa shape index (κ1) is 11.4. The lowest BCUT2D eigenvalue weighted by Crippen LogP contribution is -2.30. The van der Waals surface area contributed by atoms with Gasteiger partial charge >= 0.3 is 0 Å². The highest BCUT2D eigenvalue weighted by Crippen LogP contribution is 2.54. The fraction of sp³-hybridized carbons (Fsp3) is 0.917. The van der Waals surface area contributed by atoms with Crippen LogP contribution in [0.15, 0.2) is 0 Å². The number of hydrogen-bond acceptors (Lipinski definition) is 1. The van der Waals surface area contributed by atoms with Crippen LogP contribution in [0.4, 0.5) is 0 Å². The molecular weight excluding hydrogens is 254 g/mol. The molecule has 0 radical (unpaired) electrons. The van der Waals surface area contributed by atoms with Gasteiger partial charge in [0.15, 0.2) is 0 Å². The summed E-state index contributed by atoms with van der Waals surface area (Å²) in [4.78, 5) is 11.7. The van der Waals surface area contributed by atoms with Gasteiger partial charge in [-0.1, -0.05) is 22.4 Å². The van der Waals surface area contributed by atoms with Crippen LogP contribution in [0.1, 0.15) is 38.5 Å². The number of hydrogen-bond donors (Lipinski definition) is 1. The standard InChI is InChI=1S/C12H20BrNO/c13-4-2-1-3-5-14-12(15)11-7-9-6-10(9)8-11/h9-11H,1-8H2,(H,14,15). The molecule has 0 aliphatic heterocycles. The maximum Gasteiger partial charge on any atom is 0.223 e. The third-order valence-corrected chi connectivity index (χ3v) is 4.28. The van der Waals surface area contributed by atoms with E-state index in [1.54, 1.807) is 0 Å². The van der Waals surface area contributed by atoms with E-state index in [1.807, 2.05) is 0 Å². The van der Waals surface area contributed by atoms with Crippen molar-refractivity contribution >= 4 is 21.8 Å². The third kappa shape index (κ3) is 3.20. The normalized spacial score (nSPS) is 32.5. The van der Waals surface area contributed by atoms with E-state index in [9.17, 15) is 4.79 Å². The smallest absolute Gasteiger partial charge is 0.223 e.